The van der Waals surface area contributed by atoms with E-state index in [1.165, 1.54) is 37.4 Å². The molecule has 0 saturated heterocycles. The number of benzene rings is 3. The summed E-state index contributed by atoms with van der Waals surface area (Å²) in [5.74, 6) is -1.71. The Morgan fingerprint density at radius 1 is 0.631 bits per heavy atom. The zero-order chi connectivity index (χ0) is 46.2. The maximum Gasteiger partial charge on any atom is 0.266 e. The van der Waals surface area contributed by atoms with Gasteiger partial charge in [-0.1, -0.05) is 90.0 Å². The van der Waals surface area contributed by atoms with Crippen LogP contribution in [0.5, 0.6) is 11.8 Å². The third-order valence-corrected chi connectivity index (χ3v) is 13.1. The number of nitrogens with one attached hydrogen (secondary N) is 1. The van der Waals surface area contributed by atoms with Crippen LogP contribution in [0.1, 0.15) is 60.2 Å². The van der Waals surface area contributed by atoms with Crippen molar-refractivity contribution in [2.45, 2.75) is 54.2 Å². The molecule has 65 heavy (non-hydrogen) atoms. The summed E-state index contributed by atoms with van der Waals surface area (Å²) in [6, 6.07) is 39.2. The summed E-state index contributed by atoms with van der Waals surface area (Å²) in [4.78, 5) is 34.2. The van der Waals surface area contributed by atoms with Crippen LogP contribution in [0.15, 0.2) is 154 Å². The molecule has 2 fully saturated rings. The number of halogens is 4. The average molecular weight is 1070 g/mol. The number of primary amides is 1. The van der Waals surface area contributed by atoms with E-state index >= 15 is 0 Å². The Bertz CT molecular complexity index is 2580. The molecule has 9 rings (SSSR count). The number of ether oxygens (including phenoxy) is 2. The van der Waals surface area contributed by atoms with Gasteiger partial charge >= 0.3 is 0 Å². The second-order valence-electron chi connectivity index (χ2n) is 15.4. The fourth-order valence-corrected chi connectivity index (χ4v) is 7.98. The molecule has 19 heteroatoms. The summed E-state index contributed by atoms with van der Waals surface area (Å²) >= 11 is 6.62. The summed E-state index contributed by atoms with van der Waals surface area (Å²) in [6.07, 6.45) is 7.91. The summed E-state index contributed by atoms with van der Waals surface area (Å²) in [5, 5.41) is 8.44. The maximum absolute atomic E-state index is 14.4. The van der Waals surface area contributed by atoms with Gasteiger partial charge in [-0.25, -0.2) is 9.36 Å². The maximum atomic E-state index is 14.4. The van der Waals surface area contributed by atoms with Crippen molar-refractivity contribution in [1.29, 1.82) is 0 Å². The molecule has 3 aromatic carbocycles. The van der Waals surface area contributed by atoms with Gasteiger partial charge in [-0.2, -0.15) is 18.7 Å². The number of carbonyl (C=O) groups is 2. The molecule has 3 N–H and O–H groups in total. The number of aromatic nitrogens is 6. The molecule has 0 radical (unpaired) electrons. The first-order valence-corrected chi connectivity index (χ1v) is 26.7. The third kappa shape index (κ3) is 15.4. The minimum Gasteiger partial charge on any atom is -0.476 e. The monoisotopic (exact) mass is 1060 g/mol. The van der Waals surface area contributed by atoms with Gasteiger partial charge < -0.3 is 15.2 Å². The van der Waals surface area contributed by atoms with Crippen LogP contribution in [0.4, 0.5) is 8.78 Å². The summed E-state index contributed by atoms with van der Waals surface area (Å²) in [6.45, 7) is 5.56. The number of amides is 2. The van der Waals surface area contributed by atoms with Crippen LogP contribution in [-0.4, -0.2) is 54.6 Å². The Balaban J connectivity index is 0.000000167. The zero-order valence-electron chi connectivity index (χ0n) is 35.2. The number of nitrogens with two attached hydrogens (primary N) is 1. The van der Waals surface area contributed by atoms with Crippen LogP contribution in [0.2, 0.25) is 0 Å². The van der Waals surface area contributed by atoms with E-state index < -0.39 is 23.7 Å². The van der Waals surface area contributed by atoms with E-state index in [2.05, 4.69) is 116 Å². The lowest BCUT2D eigenvalue weighted by Crippen LogP contribution is -2.18. The van der Waals surface area contributed by atoms with Gasteiger partial charge in [-0.3, -0.25) is 14.3 Å². The standard InChI is InChI=1S/C20H19FN4O2S.C14H15FN4O2.C12H10S2.Br2/c1-20(10-11-20)13-27-17-9-12-25(23-17)16-8-7-15(18(21)22-16)19(26)24-28-14-5-3-2-4-6-14;1-14(5-6-14)8-21-11-4-7-19(18-11)10-3-2-9(13(16)20)12(15)17-10;1-3-7-11(8-4-1)13-14-12-9-5-2-6-10-12;1-2/h2-9,12H,10-11,13H2,1H3,(H,24,26);2-4,7H,5-6,8H2,1H3,(H2,16,20);1-10H;. The lowest BCUT2D eigenvalue weighted by atomic mass is 10.2. The first-order valence-electron chi connectivity index (χ1n) is 20.1. The highest BCUT2D eigenvalue weighted by molar-refractivity contribution is 9.93. The molecule has 12 nitrogen and oxygen atoms in total. The van der Waals surface area contributed by atoms with Crippen molar-refractivity contribution in [3.8, 4) is 23.4 Å². The van der Waals surface area contributed by atoms with Crippen LogP contribution < -0.4 is 19.9 Å². The molecule has 0 bridgehead atoms. The van der Waals surface area contributed by atoms with Gasteiger partial charge in [-0.05, 0) is 98.3 Å². The molecule has 7 aromatic rings. The molecule has 0 atom stereocenters. The SMILES string of the molecule is BrBr.CC1(COc2ccn(-c3ccc(C(=O)NSc4ccccc4)c(F)n3)n2)CC1.CC1(COc2ccn(-c3ccc(C(N)=O)c(F)n3)n2)CC1.c1ccc(SSc2ccccc2)cc1. The van der Waals surface area contributed by atoms with Gasteiger partial charge in [0.25, 0.3) is 11.8 Å². The summed E-state index contributed by atoms with van der Waals surface area (Å²) < 4.78 is 44.7. The van der Waals surface area contributed by atoms with Gasteiger partial charge in [0, 0.05) is 78.3 Å². The molecule has 4 aromatic heterocycles. The number of rotatable bonds is 15. The van der Waals surface area contributed by atoms with Crippen LogP contribution in [0.25, 0.3) is 11.6 Å². The van der Waals surface area contributed by atoms with Crippen LogP contribution in [0.3, 0.4) is 0 Å². The number of hydrogen-bond donors (Lipinski definition) is 2. The smallest absolute Gasteiger partial charge is 0.266 e. The van der Waals surface area contributed by atoms with Crippen molar-refractivity contribution in [3.05, 3.63) is 163 Å². The molecule has 2 aliphatic rings. The number of pyridine rings is 2. The van der Waals surface area contributed by atoms with E-state index in [4.69, 9.17) is 15.2 Å². The highest BCUT2D eigenvalue weighted by atomic mass is 80.9. The molecule has 2 amide bonds. The second-order valence-corrected chi connectivity index (χ2v) is 18.6. The van der Waals surface area contributed by atoms with E-state index in [9.17, 15) is 18.4 Å². The van der Waals surface area contributed by atoms with Crippen molar-refractivity contribution >= 4 is 73.6 Å². The van der Waals surface area contributed by atoms with E-state index in [0.717, 1.165) is 42.5 Å². The first kappa shape index (κ1) is 49.2. The lowest BCUT2D eigenvalue weighted by Gasteiger charge is -2.08. The van der Waals surface area contributed by atoms with Crippen molar-refractivity contribution in [3.63, 3.8) is 0 Å². The Hall–Kier alpha value is -5.21. The highest BCUT2D eigenvalue weighted by Gasteiger charge is 2.39. The van der Waals surface area contributed by atoms with E-state index in [1.807, 2.05) is 42.5 Å². The molecule has 0 unspecified atom stereocenters. The molecule has 0 aliphatic heterocycles. The van der Waals surface area contributed by atoms with Gasteiger partial charge in [0.05, 0.1) is 24.3 Å². The van der Waals surface area contributed by atoms with Crippen LogP contribution >= 0.6 is 61.8 Å². The van der Waals surface area contributed by atoms with Crippen LogP contribution in [-0.2, 0) is 0 Å². The van der Waals surface area contributed by atoms with Gasteiger partial charge in [-0.15, -0.1) is 10.2 Å². The van der Waals surface area contributed by atoms with Crippen molar-refractivity contribution in [2.75, 3.05) is 13.2 Å². The minimum absolute atomic E-state index is 0.127. The molecule has 2 saturated carbocycles. The largest absolute Gasteiger partial charge is 0.476 e. The Morgan fingerprint density at radius 2 is 1.03 bits per heavy atom. The van der Waals surface area contributed by atoms with Gasteiger partial charge in [0.1, 0.15) is 0 Å². The fraction of sp³-hybridized carbons (Fsp3) is 0.217. The number of nitrogens with zero attached hydrogens (tertiary/aromatic N) is 6. The summed E-state index contributed by atoms with van der Waals surface area (Å²) in [5.41, 5.74) is 5.17. The highest BCUT2D eigenvalue weighted by Crippen LogP contribution is 2.45. The van der Waals surface area contributed by atoms with Gasteiger partial charge in [0.2, 0.25) is 23.7 Å². The minimum atomic E-state index is -0.913. The number of carbonyl (C=O) groups excluding carboxylic acids is 2. The predicted molar refractivity (Wildman–Crippen MR) is 259 cm³/mol. The quantitative estimate of drug-likeness (QED) is 0.0573. The van der Waals surface area contributed by atoms with Crippen LogP contribution in [0, 0.1) is 22.7 Å². The fourth-order valence-electron chi connectivity index (χ4n) is 5.39. The Morgan fingerprint density at radius 3 is 1.42 bits per heavy atom. The predicted octanol–water partition coefficient (Wildman–Crippen LogP) is 11.9. The molecule has 4 heterocycles. The summed E-state index contributed by atoms with van der Waals surface area (Å²) in [7, 11) is 3.58. The van der Waals surface area contributed by atoms with Crippen molar-refractivity contribution in [2.24, 2.45) is 16.6 Å². The van der Waals surface area contributed by atoms with E-state index in [1.54, 1.807) is 52.2 Å². The molecule has 338 valence electrons. The molecular formula is C46H44Br2F2N8O4S3. The first-order chi connectivity index (χ1) is 31.4. The molecule has 2 aliphatic carbocycles. The lowest BCUT2D eigenvalue weighted by molar-refractivity contribution is 0.0975. The average Bonchev–Trinajstić information content (AvgIpc) is 4.10. The Kier molecular flexibility index (Phi) is 18.0. The molecular weight excluding hydrogens is 1020 g/mol. The van der Waals surface area contributed by atoms with E-state index in [-0.39, 0.29) is 33.6 Å². The van der Waals surface area contributed by atoms with E-state index in [0.29, 0.717) is 25.0 Å². The Labute approximate surface area is 403 Å². The van der Waals surface area contributed by atoms with Crippen molar-refractivity contribution < 1.29 is 27.8 Å². The second kappa shape index (κ2) is 23.8. The third-order valence-electron chi connectivity index (χ3n) is 9.85. The molecule has 0 spiro atoms. The zero-order valence-corrected chi connectivity index (χ0v) is 40.8. The topological polar surface area (TPSA) is 152 Å². The normalized spacial score (nSPS) is 13.6. The van der Waals surface area contributed by atoms with Crippen molar-refractivity contribution in [1.82, 2.24) is 34.3 Å². The number of hydrogen-bond acceptors (Lipinski definition) is 11. The van der Waals surface area contributed by atoms with Gasteiger partial charge in [0.15, 0.2) is 11.6 Å².